The van der Waals surface area contributed by atoms with Gasteiger partial charge in [0.15, 0.2) is 0 Å². The normalized spacial score (nSPS) is 13.2. The van der Waals surface area contributed by atoms with Gasteiger partial charge in [-0.25, -0.2) is 0 Å². The summed E-state index contributed by atoms with van der Waals surface area (Å²) in [7, 11) is 4.26. The molecule has 0 saturated carbocycles. The lowest BCUT2D eigenvalue weighted by atomic mass is 10.2. The summed E-state index contributed by atoms with van der Waals surface area (Å²) in [4.78, 5) is 8.88. The Labute approximate surface area is 117 Å². The minimum atomic E-state index is 0.597. The first kappa shape index (κ1) is 16.1. The number of hydrogen-bond donors (Lipinski definition) is 1. The highest BCUT2D eigenvalue weighted by Crippen LogP contribution is 1.99. The van der Waals surface area contributed by atoms with Crippen LogP contribution in [0.3, 0.4) is 0 Å². The van der Waals surface area contributed by atoms with Crippen molar-refractivity contribution in [3.63, 3.8) is 0 Å². The van der Waals surface area contributed by atoms with E-state index in [0.29, 0.717) is 6.04 Å². The second-order valence-corrected chi connectivity index (χ2v) is 5.28. The zero-order valence-corrected chi connectivity index (χ0v) is 12.8. The number of aromatic nitrogens is 1. The van der Waals surface area contributed by atoms with Crippen LogP contribution in [0.1, 0.15) is 19.4 Å². The molecule has 0 aliphatic rings. The second-order valence-electron chi connectivity index (χ2n) is 5.28. The van der Waals surface area contributed by atoms with E-state index in [4.69, 9.17) is 0 Å². The minimum Gasteiger partial charge on any atom is -0.311 e. The van der Waals surface area contributed by atoms with E-state index in [9.17, 15) is 0 Å². The molecule has 1 unspecified atom stereocenters. The molecular weight excluding hydrogens is 236 g/mol. The van der Waals surface area contributed by atoms with Crippen molar-refractivity contribution >= 4 is 0 Å². The summed E-state index contributed by atoms with van der Waals surface area (Å²) >= 11 is 0. The number of likely N-dealkylation sites (N-methyl/N-ethyl adjacent to an activating group) is 2. The number of rotatable bonds is 9. The molecule has 0 aliphatic heterocycles. The van der Waals surface area contributed by atoms with Crippen molar-refractivity contribution in [1.29, 1.82) is 0 Å². The molecule has 0 bridgehead atoms. The van der Waals surface area contributed by atoms with Crippen LogP contribution >= 0.6 is 0 Å². The van der Waals surface area contributed by atoms with E-state index in [1.165, 1.54) is 5.56 Å². The van der Waals surface area contributed by atoms with Gasteiger partial charge in [-0.15, -0.1) is 0 Å². The van der Waals surface area contributed by atoms with Gasteiger partial charge in [0.25, 0.3) is 0 Å². The van der Waals surface area contributed by atoms with Crippen molar-refractivity contribution in [3.05, 3.63) is 30.1 Å². The van der Waals surface area contributed by atoms with Crippen LogP contribution in [0.5, 0.6) is 0 Å². The monoisotopic (exact) mass is 264 g/mol. The third-order valence-corrected chi connectivity index (χ3v) is 3.29. The van der Waals surface area contributed by atoms with Gasteiger partial charge in [0, 0.05) is 44.6 Å². The Morgan fingerprint density at radius 1 is 1.37 bits per heavy atom. The molecule has 0 fully saturated rings. The SMILES string of the molecule is CCN(CCNCc1cccnc1)C(C)CN(C)C. The molecule has 1 N–H and O–H groups in total. The van der Waals surface area contributed by atoms with Crippen molar-refractivity contribution in [2.75, 3.05) is 40.3 Å². The fraction of sp³-hybridized carbons (Fsp3) is 0.667. The zero-order chi connectivity index (χ0) is 14.1. The third-order valence-electron chi connectivity index (χ3n) is 3.29. The van der Waals surface area contributed by atoms with Gasteiger partial charge in [-0.1, -0.05) is 13.0 Å². The lowest BCUT2D eigenvalue weighted by Gasteiger charge is -2.30. The quantitative estimate of drug-likeness (QED) is 0.684. The van der Waals surface area contributed by atoms with Crippen molar-refractivity contribution in [3.8, 4) is 0 Å². The van der Waals surface area contributed by atoms with Crippen LogP contribution in [0.25, 0.3) is 0 Å². The maximum Gasteiger partial charge on any atom is 0.0312 e. The Morgan fingerprint density at radius 3 is 2.74 bits per heavy atom. The summed E-state index contributed by atoms with van der Waals surface area (Å²) in [6, 6.07) is 4.68. The number of nitrogens with zero attached hydrogens (tertiary/aromatic N) is 3. The number of pyridine rings is 1. The molecule has 4 heteroatoms. The molecular formula is C15H28N4. The van der Waals surface area contributed by atoms with Gasteiger partial charge in [-0.3, -0.25) is 9.88 Å². The zero-order valence-electron chi connectivity index (χ0n) is 12.8. The fourth-order valence-electron chi connectivity index (χ4n) is 2.29. The van der Waals surface area contributed by atoms with E-state index < -0.39 is 0 Å². The average molecular weight is 264 g/mol. The molecule has 1 rings (SSSR count). The predicted octanol–water partition coefficient (Wildman–Crippen LogP) is 1.44. The Morgan fingerprint density at radius 2 is 2.16 bits per heavy atom. The predicted molar refractivity (Wildman–Crippen MR) is 81.2 cm³/mol. The summed E-state index contributed by atoms with van der Waals surface area (Å²) in [5, 5.41) is 3.48. The van der Waals surface area contributed by atoms with Gasteiger partial charge in [0.2, 0.25) is 0 Å². The molecule has 0 saturated heterocycles. The molecule has 1 atom stereocenters. The van der Waals surface area contributed by atoms with Gasteiger partial charge in [-0.05, 0) is 39.2 Å². The highest BCUT2D eigenvalue weighted by molar-refractivity contribution is 5.07. The number of nitrogens with one attached hydrogen (secondary N) is 1. The van der Waals surface area contributed by atoms with Gasteiger partial charge < -0.3 is 10.2 Å². The Kier molecular flexibility index (Phi) is 7.63. The highest BCUT2D eigenvalue weighted by atomic mass is 15.2. The maximum absolute atomic E-state index is 4.12. The molecule has 4 nitrogen and oxygen atoms in total. The van der Waals surface area contributed by atoms with Gasteiger partial charge in [-0.2, -0.15) is 0 Å². The molecule has 1 aromatic heterocycles. The Bertz CT molecular complexity index is 326. The van der Waals surface area contributed by atoms with Crippen LogP contribution in [0.4, 0.5) is 0 Å². The van der Waals surface area contributed by atoms with Crippen LogP contribution in [-0.4, -0.2) is 61.1 Å². The molecule has 0 amide bonds. The van der Waals surface area contributed by atoms with Crippen molar-refractivity contribution < 1.29 is 0 Å². The third kappa shape index (κ3) is 6.66. The fourth-order valence-corrected chi connectivity index (χ4v) is 2.29. The maximum atomic E-state index is 4.12. The summed E-state index contributed by atoms with van der Waals surface area (Å²) in [6.07, 6.45) is 3.73. The van der Waals surface area contributed by atoms with Gasteiger partial charge >= 0.3 is 0 Å². The lowest BCUT2D eigenvalue weighted by molar-refractivity contribution is 0.182. The molecule has 1 aromatic rings. The smallest absolute Gasteiger partial charge is 0.0312 e. The molecule has 0 aromatic carbocycles. The van der Waals surface area contributed by atoms with E-state index >= 15 is 0 Å². The summed E-state index contributed by atoms with van der Waals surface area (Å²) < 4.78 is 0. The topological polar surface area (TPSA) is 31.4 Å². The summed E-state index contributed by atoms with van der Waals surface area (Å²) in [6.45, 7) is 9.73. The first-order valence-electron chi connectivity index (χ1n) is 7.12. The van der Waals surface area contributed by atoms with E-state index in [0.717, 1.165) is 32.7 Å². The van der Waals surface area contributed by atoms with Crippen LogP contribution in [0.15, 0.2) is 24.5 Å². The van der Waals surface area contributed by atoms with Crippen LogP contribution in [0.2, 0.25) is 0 Å². The van der Waals surface area contributed by atoms with E-state index in [1.807, 2.05) is 18.5 Å². The molecule has 1 heterocycles. The first-order chi connectivity index (χ1) is 9.13. The van der Waals surface area contributed by atoms with Crippen LogP contribution in [-0.2, 0) is 6.54 Å². The summed E-state index contributed by atoms with van der Waals surface area (Å²) in [5.74, 6) is 0. The van der Waals surface area contributed by atoms with Crippen LogP contribution in [0, 0.1) is 0 Å². The highest BCUT2D eigenvalue weighted by Gasteiger charge is 2.11. The van der Waals surface area contributed by atoms with Crippen molar-refractivity contribution in [2.24, 2.45) is 0 Å². The Hall–Kier alpha value is -0.970. The molecule has 108 valence electrons. The van der Waals surface area contributed by atoms with E-state index in [2.05, 4.69) is 54.1 Å². The largest absolute Gasteiger partial charge is 0.311 e. The van der Waals surface area contributed by atoms with Gasteiger partial charge in [0.05, 0.1) is 0 Å². The van der Waals surface area contributed by atoms with E-state index in [-0.39, 0.29) is 0 Å². The van der Waals surface area contributed by atoms with Crippen LogP contribution < -0.4 is 5.32 Å². The molecule has 0 spiro atoms. The second kappa shape index (κ2) is 9.02. The Balaban J connectivity index is 2.22. The van der Waals surface area contributed by atoms with Crippen molar-refractivity contribution in [2.45, 2.75) is 26.4 Å². The summed E-state index contributed by atoms with van der Waals surface area (Å²) in [5.41, 5.74) is 1.24. The standard InChI is InChI=1S/C15H28N4/c1-5-19(14(2)13-18(3)4)10-9-17-12-15-7-6-8-16-11-15/h6-8,11,14,17H,5,9-10,12-13H2,1-4H3. The molecule has 0 radical (unpaired) electrons. The molecule has 19 heavy (non-hydrogen) atoms. The first-order valence-corrected chi connectivity index (χ1v) is 7.12. The van der Waals surface area contributed by atoms with E-state index in [1.54, 1.807) is 0 Å². The minimum absolute atomic E-state index is 0.597. The van der Waals surface area contributed by atoms with Gasteiger partial charge in [0.1, 0.15) is 0 Å². The average Bonchev–Trinajstić information content (AvgIpc) is 2.39. The molecule has 0 aliphatic carbocycles. The lowest BCUT2D eigenvalue weighted by Crippen LogP contribution is -2.43. The van der Waals surface area contributed by atoms with Crippen molar-refractivity contribution in [1.82, 2.24) is 20.1 Å². The number of hydrogen-bond acceptors (Lipinski definition) is 4.